The van der Waals surface area contributed by atoms with Crippen molar-refractivity contribution >= 4 is 11.4 Å². The fourth-order valence-electron chi connectivity index (χ4n) is 2.32. The summed E-state index contributed by atoms with van der Waals surface area (Å²) in [4.78, 5) is 0. The molecule has 0 atom stereocenters. The van der Waals surface area contributed by atoms with Gasteiger partial charge in [-0.2, -0.15) is 0 Å². The maximum atomic E-state index is 5.99. The lowest BCUT2D eigenvalue weighted by molar-refractivity contribution is 0.361. The van der Waals surface area contributed by atoms with Gasteiger partial charge in [0.25, 0.3) is 0 Å². The molecule has 0 aromatic heterocycles. The summed E-state index contributed by atoms with van der Waals surface area (Å²) >= 11 is 0. The summed E-state index contributed by atoms with van der Waals surface area (Å²) in [5.41, 5.74) is 1.89. The van der Waals surface area contributed by atoms with Gasteiger partial charge in [0, 0.05) is 5.69 Å². The van der Waals surface area contributed by atoms with E-state index < -0.39 is 0 Å². The fraction of sp³-hybridized carbons (Fsp3) is 0. The number of ether oxygens (including phenoxy) is 2. The first-order chi connectivity index (χ1) is 10.4. The van der Waals surface area contributed by atoms with Crippen LogP contribution in [0.3, 0.4) is 0 Å². The normalized spacial score (nSPS) is 11.6. The summed E-state index contributed by atoms with van der Waals surface area (Å²) in [6, 6.07) is 23.5. The summed E-state index contributed by atoms with van der Waals surface area (Å²) in [6.45, 7) is 0. The third-order valence-corrected chi connectivity index (χ3v) is 3.31. The number of hydrogen-bond donors (Lipinski definition) is 1. The molecule has 0 spiro atoms. The van der Waals surface area contributed by atoms with Crippen LogP contribution in [0.4, 0.5) is 11.4 Å². The second-order valence-electron chi connectivity index (χ2n) is 4.77. The van der Waals surface area contributed by atoms with Crippen molar-refractivity contribution in [2.24, 2.45) is 0 Å². The van der Waals surface area contributed by atoms with E-state index in [9.17, 15) is 0 Å². The van der Waals surface area contributed by atoms with Gasteiger partial charge in [0.2, 0.25) is 0 Å². The third-order valence-electron chi connectivity index (χ3n) is 3.31. The topological polar surface area (TPSA) is 30.5 Å². The number of rotatable bonds is 2. The van der Waals surface area contributed by atoms with Crippen LogP contribution in [0.15, 0.2) is 72.8 Å². The van der Waals surface area contributed by atoms with Crippen LogP contribution in [0, 0.1) is 0 Å². The molecule has 102 valence electrons. The minimum Gasteiger partial charge on any atom is -0.449 e. The quantitative estimate of drug-likeness (QED) is 0.536. The first-order valence-corrected chi connectivity index (χ1v) is 6.80. The largest absolute Gasteiger partial charge is 0.449 e. The van der Waals surface area contributed by atoms with Gasteiger partial charge in [-0.1, -0.05) is 36.4 Å². The van der Waals surface area contributed by atoms with E-state index in [1.807, 2.05) is 72.8 Å². The van der Waals surface area contributed by atoms with Crippen molar-refractivity contribution in [3.05, 3.63) is 72.8 Å². The molecule has 1 aliphatic heterocycles. The summed E-state index contributed by atoms with van der Waals surface area (Å²) in [5.74, 6) is 2.89. The third kappa shape index (κ3) is 2.19. The van der Waals surface area contributed by atoms with E-state index in [1.165, 1.54) is 0 Å². The predicted octanol–water partition coefficient (Wildman–Crippen LogP) is 5.33. The van der Waals surface area contributed by atoms with Crippen molar-refractivity contribution in [2.45, 2.75) is 0 Å². The Morgan fingerprint density at radius 3 is 2.05 bits per heavy atom. The molecule has 3 heteroatoms. The second-order valence-corrected chi connectivity index (χ2v) is 4.77. The molecular weight excluding hydrogens is 262 g/mol. The maximum Gasteiger partial charge on any atom is 0.193 e. The highest BCUT2D eigenvalue weighted by Crippen LogP contribution is 2.48. The summed E-state index contributed by atoms with van der Waals surface area (Å²) in [6.07, 6.45) is 0. The van der Waals surface area contributed by atoms with Crippen LogP contribution in [-0.4, -0.2) is 0 Å². The van der Waals surface area contributed by atoms with Gasteiger partial charge in [0.15, 0.2) is 23.0 Å². The average Bonchev–Trinajstić information content (AvgIpc) is 2.54. The smallest absolute Gasteiger partial charge is 0.193 e. The molecular formula is C18H13NO2. The number of hydrogen-bond acceptors (Lipinski definition) is 3. The lowest BCUT2D eigenvalue weighted by Crippen LogP contribution is -2.01. The van der Waals surface area contributed by atoms with Crippen molar-refractivity contribution in [1.82, 2.24) is 0 Å². The Balaban J connectivity index is 1.73. The van der Waals surface area contributed by atoms with Gasteiger partial charge in [-0.3, -0.25) is 0 Å². The van der Waals surface area contributed by atoms with Crippen molar-refractivity contribution in [2.75, 3.05) is 5.32 Å². The lowest BCUT2D eigenvalue weighted by atomic mass is 10.2. The van der Waals surface area contributed by atoms with Crippen molar-refractivity contribution in [3.8, 4) is 23.0 Å². The van der Waals surface area contributed by atoms with Crippen LogP contribution in [0.1, 0.15) is 0 Å². The zero-order valence-electron chi connectivity index (χ0n) is 11.2. The molecule has 21 heavy (non-hydrogen) atoms. The van der Waals surface area contributed by atoms with Gasteiger partial charge >= 0.3 is 0 Å². The number of benzene rings is 3. The molecule has 0 aliphatic carbocycles. The molecule has 1 N–H and O–H groups in total. The Morgan fingerprint density at radius 1 is 0.571 bits per heavy atom. The van der Waals surface area contributed by atoms with Crippen LogP contribution in [0.5, 0.6) is 23.0 Å². The van der Waals surface area contributed by atoms with Gasteiger partial charge in [-0.05, 0) is 36.4 Å². The Morgan fingerprint density at radius 2 is 1.24 bits per heavy atom. The van der Waals surface area contributed by atoms with Gasteiger partial charge in [0.1, 0.15) is 0 Å². The van der Waals surface area contributed by atoms with E-state index in [0.717, 1.165) is 28.6 Å². The van der Waals surface area contributed by atoms with Crippen LogP contribution in [-0.2, 0) is 0 Å². The molecule has 0 unspecified atom stereocenters. The molecule has 3 nitrogen and oxygen atoms in total. The first kappa shape index (κ1) is 11.9. The van der Waals surface area contributed by atoms with Gasteiger partial charge < -0.3 is 14.8 Å². The molecule has 4 rings (SSSR count). The van der Waals surface area contributed by atoms with Gasteiger partial charge in [-0.15, -0.1) is 0 Å². The van der Waals surface area contributed by atoms with Crippen LogP contribution >= 0.6 is 0 Å². The Labute approximate surface area is 122 Å². The molecule has 1 aliphatic rings. The first-order valence-electron chi connectivity index (χ1n) is 6.80. The molecule has 3 aromatic carbocycles. The Kier molecular flexibility index (Phi) is 2.75. The molecule has 0 radical (unpaired) electrons. The number of anilines is 2. The van der Waals surface area contributed by atoms with E-state index in [0.29, 0.717) is 5.75 Å². The van der Waals surface area contributed by atoms with E-state index in [1.54, 1.807) is 0 Å². The van der Waals surface area contributed by atoms with E-state index in [4.69, 9.17) is 9.47 Å². The highest BCUT2D eigenvalue weighted by molar-refractivity contribution is 5.72. The molecule has 3 aromatic rings. The number of nitrogens with one attached hydrogen (secondary N) is 1. The Bertz CT molecular complexity index is 784. The number of para-hydroxylation sites is 4. The minimum absolute atomic E-state index is 0.708. The fourth-order valence-corrected chi connectivity index (χ4v) is 2.32. The highest BCUT2D eigenvalue weighted by Gasteiger charge is 2.21. The second kappa shape index (κ2) is 4.87. The van der Waals surface area contributed by atoms with E-state index in [2.05, 4.69) is 5.32 Å². The summed E-state index contributed by atoms with van der Waals surface area (Å²) in [7, 11) is 0. The zero-order chi connectivity index (χ0) is 14.1. The van der Waals surface area contributed by atoms with E-state index in [-0.39, 0.29) is 0 Å². The highest BCUT2D eigenvalue weighted by atomic mass is 16.6. The number of fused-ring (bicyclic) bond motifs is 2. The SMILES string of the molecule is c1ccc(Nc2cccc3c2Oc2ccccc2O3)cc1. The van der Waals surface area contributed by atoms with Crippen molar-refractivity contribution in [3.63, 3.8) is 0 Å². The molecule has 1 heterocycles. The minimum atomic E-state index is 0.708. The molecule has 0 fully saturated rings. The average molecular weight is 275 g/mol. The molecule has 0 bridgehead atoms. The van der Waals surface area contributed by atoms with Gasteiger partial charge in [0.05, 0.1) is 5.69 Å². The van der Waals surface area contributed by atoms with Crippen LogP contribution < -0.4 is 14.8 Å². The van der Waals surface area contributed by atoms with Crippen LogP contribution in [0.2, 0.25) is 0 Å². The van der Waals surface area contributed by atoms with Crippen LogP contribution in [0.25, 0.3) is 0 Å². The summed E-state index contributed by atoms with van der Waals surface area (Å²) < 4.78 is 11.9. The standard InChI is InChI=1S/C18H13NO2/c1-2-7-13(8-3-1)19-14-9-6-12-17-18(14)21-16-11-5-4-10-15(16)20-17/h1-12,19H. The summed E-state index contributed by atoms with van der Waals surface area (Å²) in [5, 5.41) is 3.36. The van der Waals surface area contributed by atoms with Crippen molar-refractivity contribution in [1.29, 1.82) is 0 Å². The molecule has 0 saturated carbocycles. The zero-order valence-corrected chi connectivity index (χ0v) is 11.2. The monoisotopic (exact) mass is 275 g/mol. The van der Waals surface area contributed by atoms with E-state index >= 15 is 0 Å². The predicted molar refractivity (Wildman–Crippen MR) is 82.8 cm³/mol. The lowest BCUT2D eigenvalue weighted by Gasteiger charge is -2.22. The molecule has 0 amide bonds. The van der Waals surface area contributed by atoms with Crippen molar-refractivity contribution < 1.29 is 9.47 Å². The molecule has 0 saturated heterocycles. The maximum absolute atomic E-state index is 5.99. The Hall–Kier alpha value is -2.94. The van der Waals surface area contributed by atoms with Gasteiger partial charge in [-0.25, -0.2) is 0 Å².